The van der Waals surface area contributed by atoms with Crippen molar-refractivity contribution in [3.05, 3.63) is 83.4 Å². The van der Waals surface area contributed by atoms with E-state index in [2.05, 4.69) is 9.50 Å². The van der Waals surface area contributed by atoms with Gasteiger partial charge in [0.05, 0.1) is 0 Å². The molecule has 0 aliphatic carbocycles. The predicted molar refractivity (Wildman–Crippen MR) is 107 cm³/mol. The number of alkyl halides is 3. The molecule has 0 aliphatic rings. The van der Waals surface area contributed by atoms with Crippen LogP contribution in [-0.2, 0) is 10.1 Å². The molecule has 0 fully saturated rings. The van der Waals surface area contributed by atoms with Crippen molar-refractivity contribution >= 4 is 21.7 Å². The highest BCUT2D eigenvalue weighted by Gasteiger charge is 2.48. The van der Waals surface area contributed by atoms with Crippen LogP contribution in [0.3, 0.4) is 0 Å². The van der Waals surface area contributed by atoms with Gasteiger partial charge >= 0.3 is 15.6 Å². The van der Waals surface area contributed by atoms with Crippen molar-refractivity contribution in [3.8, 4) is 16.9 Å². The fourth-order valence-electron chi connectivity index (χ4n) is 2.78. The Bertz CT molecular complexity index is 1250. The van der Waals surface area contributed by atoms with Crippen molar-refractivity contribution in [1.29, 1.82) is 0 Å². The van der Waals surface area contributed by atoms with Crippen LogP contribution in [0.4, 0.5) is 27.6 Å². The minimum atomic E-state index is -5.82. The van der Waals surface area contributed by atoms with E-state index in [-0.39, 0.29) is 5.69 Å². The molecule has 0 unspecified atom stereocenters. The summed E-state index contributed by atoms with van der Waals surface area (Å²) in [6.45, 7) is 1.65. The zero-order chi connectivity index (χ0) is 23.7. The Balaban J connectivity index is 1.84. The Morgan fingerprint density at radius 2 is 1.53 bits per heavy atom. The molecule has 5 nitrogen and oxygen atoms in total. The van der Waals surface area contributed by atoms with Gasteiger partial charge in [-0.2, -0.15) is 21.6 Å². The van der Waals surface area contributed by atoms with Gasteiger partial charge in [-0.05, 0) is 60.0 Å². The molecule has 0 heterocycles. The lowest BCUT2D eigenvalue weighted by Gasteiger charge is -2.13. The molecule has 0 aliphatic heterocycles. The van der Waals surface area contributed by atoms with Crippen molar-refractivity contribution < 1.29 is 39.3 Å². The highest BCUT2D eigenvalue weighted by molar-refractivity contribution is 7.88. The third-order valence-electron chi connectivity index (χ3n) is 4.34. The average Bonchev–Trinajstić information content (AvgIpc) is 2.69. The molecule has 0 bridgehead atoms. The smallest absolute Gasteiger partial charge is 0.376 e. The number of benzene rings is 3. The molecule has 0 aromatic heterocycles. The van der Waals surface area contributed by atoms with Gasteiger partial charge in [-0.1, -0.05) is 24.3 Å². The molecule has 0 spiro atoms. The lowest BCUT2D eigenvalue weighted by Crippen LogP contribution is -2.28. The van der Waals surface area contributed by atoms with Gasteiger partial charge in [-0.15, -0.1) is 0 Å². The van der Waals surface area contributed by atoms with Gasteiger partial charge in [0.25, 0.3) is 5.91 Å². The number of carbonyl (C=O) groups excluding carboxylic acids is 1. The zero-order valence-corrected chi connectivity index (χ0v) is 17.0. The minimum absolute atomic E-state index is 0.200. The molecule has 1 amide bonds. The van der Waals surface area contributed by atoms with Crippen LogP contribution in [0.5, 0.6) is 5.75 Å². The number of carbonyl (C=O) groups is 1. The van der Waals surface area contributed by atoms with Crippen LogP contribution in [0.1, 0.15) is 15.9 Å². The SMILES string of the molecule is Cc1ccc(OS(=O)(=O)C(F)(F)F)cc1-c1ccc(NC(=O)c2c(F)cccc2F)cc1. The van der Waals surface area contributed by atoms with Gasteiger partial charge in [-0.25, -0.2) is 8.78 Å². The second-order valence-electron chi connectivity index (χ2n) is 6.59. The number of hydrogen-bond donors (Lipinski definition) is 1. The standard InChI is InChI=1S/C21H14F5NO4S/c1-12-5-10-15(31-32(29,30)21(24,25)26)11-16(12)13-6-8-14(9-7-13)27-20(28)19-17(22)3-2-4-18(19)23/h2-11H,1H3,(H,27,28). The molecule has 3 aromatic carbocycles. The average molecular weight is 471 g/mol. The van der Waals surface area contributed by atoms with Gasteiger partial charge in [0.1, 0.15) is 22.9 Å². The summed E-state index contributed by atoms with van der Waals surface area (Å²) in [7, 11) is -5.82. The first kappa shape index (κ1) is 23.2. The van der Waals surface area contributed by atoms with Crippen molar-refractivity contribution in [1.82, 2.24) is 0 Å². The van der Waals surface area contributed by atoms with Gasteiger partial charge in [0.2, 0.25) is 0 Å². The fourth-order valence-corrected chi connectivity index (χ4v) is 3.23. The third kappa shape index (κ3) is 4.88. The summed E-state index contributed by atoms with van der Waals surface area (Å²) in [5.41, 5.74) is -4.68. The first-order valence-electron chi connectivity index (χ1n) is 8.86. The fraction of sp³-hybridized carbons (Fsp3) is 0.0952. The third-order valence-corrected chi connectivity index (χ3v) is 5.32. The van der Waals surface area contributed by atoms with Gasteiger partial charge in [0.15, 0.2) is 0 Å². The summed E-state index contributed by atoms with van der Waals surface area (Å²) in [6.07, 6.45) is 0. The molecule has 168 valence electrons. The summed E-state index contributed by atoms with van der Waals surface area (Å²) in [5, 5.41) is 2.34. The van der Waals surface area contributed by atoms with E-state index in [1.165, 1.54) is 30.3 Å². The first-order chi connectivity index (χ1) is 14.9. The van der Waals surface area contributed by atoms with E-state index in [1.807, 2.05) is 0 Å². The quantitative estimate of drug-likeness (QED) is 0.306. The van der Waals surface area contributed by atoms with Crippen LogP contribution < -0.4 is 9.50 Å². The first-order valence-corrected chi connectivity index (χ1v) is 10.3. The Kier molecular flexibility index (Phi) is 6.22. The van der Waals surface area contributed by atoms with Crippen molar-refractivity contribution in [2.45, 2.75) is 12.4 Å². The highest BCUT2D eigenvalue weighted by Crippen LogP contribution is 2.32. The predicted octanol–water partition coefficient (Wildman–Crippen LogP) is 5.42. The van der Waals surface area contributed by atoms with Crippen molar-refractivity contribution in [2.75, 3.05) is 5.32 Å². The van der Waals surface area contributed by atoms with E-state index in [1.54, 1.807) is 6.92 Å². The number of halogens is 5. The van der Waals surface area contributed by atoms with Crippen LogP contribution in [0.2, 0.25) is 0 Å². The maximum absolute atomic E-state index is 13.7. The molecule has 11 heteroatoms. The van der Waals surface area contributed by atoms with Crippen LogP contribution >= 0.6 is 0 Å². The van der Waals surface area contributed by atoms with Crippen LogP contribution in [0.25, 0.3) is 11.1 Å². The zero-order valence-electron chi connectivity index (χ0n) is 16.2. The number of hydrogen-bond acceptors (Lipinski definition) is 4. The summed E-state index contributed by atoms with van der Waals surface area (Å²) in [5.74, 6) is -3.59. The van der Waals surface area contributed by atoms with E-state index in [0.29, 0.717) is 16.7 Å². The topological polar surface area (TPSA) is 72.5 Å². The molecule has 0 saturated carbocycles. The van der Waals surface area contributed by atoms with E-state index >= 15 is 0 Å². The molecule has 0 saturated heterocycles. The molecule has 3 aromatic rings. The van der Waals surface area contributed by atoms with Gasteiger partial charge < -0.3 is 9.50 Å². The van der Waals surface area contributed by atoms with E-state index in [0.717, 1.165) is 30.3 Å². The number of rotatable bonds is 5. The number of amides is 1. The largest absolute Gasteiger partial charge is 0.534 e. The number of anilines is 1. The van der Waals surface area contributed by atoms with Crippen LogP contribution in [0, 0.1) is 18.6 Å². The second kappa shape index (κ2) is 8.58. The van der Waals surface area contributed by atoms with Crippen molar-refractivity contribution in [3.63, 3.8) is 0 Å². The Labute approximate surface area is 179 Å². The normalized spacial score (nSPS) is 11.8. The molecular formula is C21H14F5NO4S. The maximum atomic E-state index is 13.7. The lowest BCUT2D eigenvalue weighted by atomic mass is 10.00. The van der Waals surface area contributed by atoms with E-state index in [9.17, 15) is 35.2 Å². The highest BCUT2D eigenvalue weighted by atomic mass is 32.2. The molecule has 0 radical (unpaired) electrons. The van der Waals surface area contributed by atoms with Gasteiger partial charge in [0, 0.05) is 5.69 Å². The van der Waals surface area contributed by atoms with Crippen molar-refractivity contribution in [2.24, 2.45) is 0 Å². The summed E-state index contributed by atoms with van der Waals surface area (Å²) in [4.78, 5) is 12.2. The molecule has 0 atom stereocenters. The number of aryl methyl sites for hydroxylation is 1. The molecule has 32 heavy (non-hydrogen) atoms. The van der Waals surface area contributed by atoms with Crippen LogP contribution in [-0.4, -0.2) is 19.8 Å². The summed E-state index contributed by atoms with van der Waals surface area (Å²) >= 11 is 0. The second-order valence-corrected chi connectivity index (χ2v) is 8.13. The summed E-state index contributed by atoms with van der Waals surface area (Å²) in [6, 6.07) is 12.4. The monoisotopic (exact) mass is 471 g/mol. The minimum Gasteiger partial charge on any atom is -0.376 e. The lowest BCUT2D eigenvalue weighted by molar-refractivity contribution is -0.0500. The maximum Gasteiger partial charge on any atom is 0.534 e. The Hall–Kier alpha value is -3.47. The number of nitrogens with one attached hydrogen (secondary N) is 1. The van der Waals surface area contributed by atoms with Gasteiger partial charge in [-0.3, -0.25) is 4.79 Å². The van der Waals surface area contributed by atoms with E-state index in [4.69, 9.17) is 0 Å². The van der Waals surface area contributed by atoms with Crippen LogP contribution in [0.15, 0.2) is 60.7 Å². The van der Waals surface area contributed by atoms with E-state index < -0.39 is 44.5 Å². The summed E-state index contributed by atoms with van der Waals surface area (Å²) < 4.78 is 91.7. The molecular weight excluding hydrogens is 457 g/mol. The molecule has 3 rings (SSSR count). The Morgan fingerprint density at radius 3 is 2.09 bits per heavy atom. The Morgan fingerprint density at radius 1 is 0.938 bits per heavy atom. The molecule has 1 N–H and O–H groups in total.